The highest BCUT2D eigenvalue weighted by Gasteiger charge is 2.24. The van der Waals surface area contributed by atoms with Gasteiger partial charge in [-0.3, -0.25) is 4.57 Å². The van der Waals surface area contributed by atoms with Gasteiger partial charge >= 0.3 is 0 Å². The van der Waals surface area contributed by atoms with Crippen molar-refractivity contribution in [2.75, 3.05) is 0 Å². The molecule has 0 aliphatic carbocycles. The summed E-state index contributed by atoms with van der Waals surface area (Å²) in [6, 6.07) is 68.5. The lowest BCUT2D eigenvalue weighted by atomic mass is 9.96. The first-order valence-corrected chi connectivity index (χ1v) is 20.3. The van der Waals surface area contributed by atoms with Crippen molar-refractivity contribution in [2.24, 2.45) is 0 Å². The van der Waals surface area contributed by atoms with E-state index in [4.69, 9.17) is 19.4 Å². The molecule has 5 nitrogen and oxygen atoms in total. The number of aromatic nitrogens is 4. The van der Waals surface area contributed by atoms with Crippen LogP contribution in [0.1, 0.15) is 0 Å². The maximum absolute atomic E-state index is 6.70. The zero-order valence-corrected chi connectivity index (χ0v) is 32.2. The molecular weight excluding hydrogens is 733 g/mol. The molecule has 0 N–H and O–H groups in total. The van der Waals surface area contributed by atoms with Crippen molar-refractivity contribution in [2.45, 2.75) is 0 Å². The first-order valence-electron chi connectivity index (χ1n) is 20.3. The summed E-state index contributed by atoms with van der Waals surface area (Å²) in [5, 5.41) is 13.1. The molecule has 10 aromatic carbocycles. The molecule has 3 heterocycles. The predicted octanol–water partition coefficient (Wildman–Crippen LogP) is 14.5. The Morgan fingerprint density at radius 3 is 1.57 bits per heavy atom. The number of rotatable bonds is 4. The van der Waals surface area contributed by atoms with Crippen LogP contribution in [-0.2, 0) is 0 Å². The maximum atomic E-state index is 6.70. The molecule has 0 atom stereocenters. The summed E-state index contributed by atoms with van der Waals surface area (Å²) in [4.78, 5) is 16.7. The zero-order chi connectivity index (χ0) is 39.3. The molecule has 0 unspecified atom stereocenters. The van der Waals surface area contributed by atoms with Crippen molar-refractivity contribution < 1.29 is 4.42 Å². The molecule has 0 amide bonds. The minimum absolute atomic E-state index is 0.547. The van der Waals surface area contributed by atoms with E-state index in [9.17, 15) is 0 Å². The third-order valence-corrected chi connectivity index (χ3v) is 12.2. The quantitative estimate of drug-likeness (QED) is 0.179. The SMILES string of the molecule is c1ccc(-c2cc(-c3nc(-c4cc5ccccc5c5oc6ccccc6c45)nc(-n4c5c6ccccc6ccc5c5ccc6ccccc6c54)n3)c3ccccc3c2)cc1. The van der Waals surface area contributed by atoms with Crippen LogP contribution < -0.4 is 0 Å². The molecule has 0 spiro atoms. The Morgan fingerprint density at radius 1 is 0.350 bits per heavy atom. The highest BCUT2D eigenvalue weighted by atomic mass is 16.3. The number of nitrogens with zero attached hydrogens (tertiary/aromatic N) is 4. The number of hydrogen-bond donors (Lipinski definition) is 0. The fourth-order valence-electron chi connectivity index (χ4n) is 9.47. The van der Waals surface area contributed by atoms with Crippen molar-refractivity contribution in [1.29, 1.82) is 0 Å². The Bertz CT molecular complexity index is 3810. The molecule has 0 saturated heterocycles. The lowest BCUT2D eigenvalue weighted by Crippen LogP contribution is -2.07. The molecule has 0 aliphatic heterocycles. The average Bonchev–Trinajstić information content (AvgIpc) is 3.88. The molecule has 0 saturated carbocycles. The minimum Gasteiger partial charge on any atom is -0.455 e. The Labute approximate surface area is 343 Å². The summed E-state index contributed by atoms with van der Waals surface area (Å²) in [7, 11) is 0. The van der Waals surface area contributed by atoms with E-state index in [1.165, 1.54) is 0 Å². The normalized spacial score (nSPS) is 12.0. The monoisotopic (exact) mass is 764 g/mol. The van der Waals surface area contributed by atoms with Crippen LogP contribution in [-0.4, -0.2) is 19.5 Å². The van der Waals surface area contributed by atoms with Gasteiger partial charge in [0.15, 0.2) is 11.6 Å². The van der Waals surface area contributed by atoms with E-state index >= 15 is 0 Å². The van der Waals surface area contributed by atoms with Gasteiger partial charge in [-0.25, -0.2) is 4.98 Å². The second kappa shape index (κ2) is 12.7. The van der Waals surface area contributed by atoms with Gasteiger partial charge in [0.1, 0.15) is 11.2 Å². The molecule has 0 fully saturated rings. The molecule has 5 heteroatoms. The maximum Gasteiger partial charge on any atom is 0.238 e. The van der Waals surface area contributed by atoms with E-state index in [0.717, 1.165) is 109 Å². The third-order valence-electron chi connectivity index (χ3n) is 12.2. The standard InChI is InChI=1S/C55H32N4O/c1-2-14-33(15-3-1)38-30-36-18-6-8-20-39(36)46(32-38)53-56-54(47-31-37-19-7-11-23-42(37)52-49(47)45-24-12-13-25-48(45)60-52)58-55(57-53)59-50-40-21-9-4-16-34(40)26-28-43(50)44-29-27-35-17-5-10-22-41(35)51(44)59/h1-32H. The van der Waals surface area contributed by atoms with Crippen LogP contribution in [0.15, 0.2) is 199 Å². The lowest BCUT2D eigenvalue weighted by molar-refractivity contribution is 0.672. The van der Waals surface area contributed by atoms with Gasteiger partial charge in [0, 0.05) is 48.8 Å². The molecule has 0 aliphatic rings. The smallest absolute Gasteiger partial charge is 0.238 e. The second-order valence-electron chi connectivity index (χ2n) is 15.5. The number of furan rings is 1. The lowest BCUT2D eigenvalue weighted by Gasteiger charge is -2.15. The first kappa shape index (κ1) is 32.9. The fraction of sp³-hybridized carbons (Fsp3) is 0. The molecule has 0 bridgehead atoms. The predicted molar refractivity (Wildman–Crippen MR) is 248 cm³/mol. The number of hydrogen-bond acceptors (Lipinski definition) is 4. The summed E-state index contributed by atoms with van der Waals surface area (Å²) >= 11 is 0. The first-order chi connectivity index (χ1) is 29.7. The highest BCUT2D eigenvalue weighted by Crippen LogP contribution is 2.43. The molecule has 60 heavy (non-hydrogen) atoms. The van der Waals surface area contributed by atoms with Crippen LogP contribution in [0, 0.1) is 0 Å². The van der Waals surface area contributed by atoms with E-state index in [1.807, 2.05) is 12.1 Å². The fourth-order valence-corrected chi connectivity index (χ4v) is 9.47. The van der Waals surface area contributed by atoms with Gasteiger partial charge in [-0.1, -0.05) is 170 Å². The van der Waals surface area contributed by atoms with Gasteiger partial charge in [-0.2, -0.15) is 9.97 Å². The Balaban J connectivity index is 1.22. The van der Waals surface area contributed by atoms with Gasteiger partial charge < -0.3 is 4.42 Å². The van der Waals surface area contributed by atoms with Crippen LogP contribution in [0.3, 0.4) is 0 Å². The van der Waals surface area contributed by atoms with Crippen molar-refractivity contribution in [3.05, 3.63) is 194 Å². The van der Waals surface area contributed by atoms with Crippen molar-refractivity contribution in [3.8, 4) is 39.9 Å². The summed E-state index contributed by atoms with van der Waals surface area (Å²) in [5.74, 6) is 1.71. The summed E-state index contributed by atoms with van der Waals surface area (Å²) in [6.45, 7) is 0. The van der Waals surface area contributed by atoms with Crippen LogP contribution in [0.5, 0.6) is 0 Å². The van der Waals surface area contributed by atoms with Crippen LogP contribution >= 0.6 is 0 Å². The van der Waals surface area contributed by atoms with Crippen molar-refractivity contribution >= 4 is 86.8 Å². The highest BCUT2D eigenvalue weighted by molar-refractivity contribution is 6.24. The van der Waals surface area contributed by atoms with E-state index in [0.29, 0.717) is 17.6 Å². The zero-order valence-electron chi connectivity index (χ0n) is 32.2. The molecule has 3 aromatic heterocycles. The van der Waals surface area contributed by atoms with E-state index < -0.39 is 0 Å². The van der Waals surface area contributed by atoms with E-state index in [1.54, 1.807) is 0 Å². The van der Waals surface area contributed by atoms with E-state index in [2.05, 4.69) is 187 Å². The third kappa shape index (κ3) is 4.84. The molecule has 278 valence electrons. The van der Waals surface area contributed by atoms with Gasteiger partial charge in [-0.15, -0.1) is 0 Å². The molecular formula is C55H32N4O. The van der Waals surface area contributed by atoms with E-state index in [-0.39, 0.29) is 0 Å². The summed E-state index contributed by atoms with van der Waals surface area (Å²) in [5.41, 5.74) is 7.79. The largest absolute Gasteiger partial charge is 0.455 e. The Hall–Kier alpha value is -8.15. The van der Waals surface area contributed by atoms with Gasteiger partial charge in [-0.05, 0) is 62.3 Å². The summed E-state index contributed by atoms with van der Waals surface area (Å²) < 4.78 is 8.99. The average molecular weight is 765 g/mol. The molecule has 13 rings (SSSR count). The number of fused-ring (bicyclic) bond motifs is 13. The Kier molecular flexibility index (Phi) is 6.95. The van der Waals surface area contributed by atoms with Gasteiger partial charge in [0.2, 0.25) is 5.95 Å². The van der Waals surface area contributed by atoms with Crippen molar-refractivity contribution in [3.63, 3.8) is 0 Å². The van der Waals surface area contributed by atoms with Gasteiger partial charge in [0.25, 0.3) is 0 Å². The number of benzene rings is 10. The van der Waals surface area contributed by atoms with Gasteiger partial charge in [0.05, 0.1) is 11.0 Å². The second-order valence-corrected chi connectivity index (χ2v) is 15.5. The van der Waals surface area contributed by atoms with Crippen LogP contribution in [0.25, 0.3) is 127 Å². The van der Waals surface area contributed by atoms with Crippen LogP contribution in [0.4, 0.5) is 0 Å². The number of para-hydroxylation sites is 1. The Morgan fingerprint density at radius 2 is 0.883 bits per heavy atom. The topological polar surface area (TPSA) is 56.7 Å². The summed E-state index contributed by atoms with van der Waals surface area (Å²) in [6.07, 6.45) is 0. The van der Waals surface area contributed by atoms with Crippen molar-refractivity contribution in [1.82, 2.24) is 19.5 Å². The molecule has 0 radical (unpaired) electrons. The minimum atomic E-state index is 0.547. The van der Waals surface area contributed by atoms with Crippen LogP contribution in [0.2, 0.25) is 0 Å². The molecule has 13 aromatic rings.